The first-order chi connectivity index (χ1) is 7.43. The molecule has 0 radical (unpaired) electrons. The zero-order valence-electron chi connectivity index (χ0n) is 9.04. The van der Waals surface area contributed by atoms with Crippen LogP contribution in [0.15, 0.2) is 5.38 Å². The fourth-order valence-electron chi connectivity index (χ4n) is 2.76. The molecule has 1 saturated heterocycles. The van der Waals surface area contributed by atoms with E-state index in [0.29, 0.717) is 6.04 Å². The molecule has 1 aromatic heterocycles. The number of aromatic nitrogens is 1. The van der Waals surface area contributed by atoms with Crippen LogP contribution in [0.1, 0.15) is 61.2 Å². The zero-order valence-corrected chi connectivity index (χ0v) is 9.85. The van der Waals surface area contributed by atoms with Gasteiger partial charge in [0.1, 0.15) is 0 Å². The van der Waals surface area contributed by atoms with Crippen molar-refractivity contribution in [2.24, 2.45) is 0 Å². The van der Waals surface area contributed by atoms with E-state index in [2.05, 4.69) is 10.7 Å². The van der Waals surface area contributed by atoms with E-state index in [4.69, 9.17) is 4.98 Å². The molecule has 0 unspecified atom stereocenters. The summed E-state index contributed by atoms with van der Waals surface area (Å²) in [5, 5.41) is 7.19. The first kappa shape index (κ1) is 9.79. The monoisotopic (exact) mass is 222 g/mol. The van der Waals surface area contributed by atoms with Gasteiger partial charge < -0.3 is 5.32 Å². The first-order valence-electron chi connectivity index (χ1n) is 6.12. The van der Waals surface area contributed by atoms with Crippen molar-refractivity contribution in [3.63, 3.8) is 0 Å². The maximum atomic E-state index is 4.83. The minimum Gasteiger partial charge on any atom is -0.309 e. The molecule has 1 N–H and O–H groups in total. The molecule has 2 heterocycles. The molecule has 1 aromatic rings. The highest BCUT2D eigenvalue weighted by atomic mass is 32.1. The van der Waals surface area contributed by atoms with E-state index < -0.39 is 0 Å². The summed E-state index contributed by atoms with van der Waals surface area (Å²) >= 11 is 1.88. The molecule has 3 heteroatoms. The average molecular weight is 222 g/mol. The van der Waals surface area contributed by atoms with Crippen LogP contribution >= 0.6 is 11.3 Å². The summed E-state index contributed by atoms with van der Waals surface area (Å²) in [4.78, 5) is 4.83. The largest absolute Gasteiger partial charge is 0.309 e. The van der Waals surface area contributed by atoms with Crippen molar-refractivity contribution in [3.8, 4) is 0 Å². The summed E-state index contributed by atoms with van der Waals surface area (Å²) in [6, 6.07) is 0.552. The first-order valence-corrected chi connectivity index (χ1v) is 7.00. The van der Waals surface area contributed by atoms with E-state index >= 15 is 0 Å². The van der Waals surface area contributed by atoms with Gasteiger partial charge in [0, 0.05) is 11.3 Å². The Morgan fingerprint density at radius 1 is 1.20 bits per heavy atom. The molecule has 0 amide bonds. The van der Waals surface area contributed by atoms with Gasteiger partial charge in [-0.05, 0) is 32.2 Å². The Bertz CT molecular complexity index is 292. The van der Waals surface area contributed by atoms with Crippen LogP contribution in [-0.4, -0.2) is 11.5 Å². The molecule has 3 rings (SSSR count). The maximum Gasteiger partial charge on any atom is 0.0959 e. The summed E-state index contributed by atoms with van der Waals surface area (Å²) in [6.07, 6.45) is 8.12. The molecule has 1 aliphatic carbocycles. The molecule has 2 nitrogen and oxygen atoms in total. The van der Waals surface area contributed by atoms with E-state index in [0.717, 1.165) is 5.92 Å². The van der Waals surface area contributed by atoms with Gasteiger partial charge in [-0.15, -0.1) is 11.3 Å². The Morgan fingerprint density at radius 3 is 2.80 bits per heavy atom. The van der Waals surface area contributed by atoms with Crippen LogP contribution in [0.5, 0.6) is 0 Å². The molecule has 0 bridgehead atoms. The van der Waals surface area contributed by atoms with Gasteiger partial charge >= 0.3 is 0 Å². The van der Waals surface area contributed by atoms with Crippen LogP contribution in [0.4, 0.5) is 0 Å². The Kier molecular flexibility index (Phi) is 2.76. The molecular formula is C12H18N2S. The van der Waals surface area contributed by atoms with Crippen molar-refractivity contribution in [3.05, 3.63) is 16.1 Å². The minimum absolute atomic E-state index is 0.552. The SMILES string of the molecule is c1sc(C2CCCC2)nc1[C@@H]1CCCN1. The van der Waals surface area contributed by atoms with Crippen LogP contribution in [0, 0.1) is 0 Å². The summed E-state index contributed by atoms with van der Waals surface area (Å²) in [5.74, 6) is 0.783. The lowest BCUT2D eigenvalue weighted by molar-refractivity contribution is 0.622. The maximum absolute atomic E-state index is 4.83. The standard InChI is InChI=1S/C12H18N2S/c1-2-5-9(4-1)12-14-11(8-15-12)10-6-3-7-13-10/h8-10,13H,1-7H2/t10-/m0/s1. The lowest BCUT2D eigenvalue weighted by atomic mass is 10.1. The van der Waals surface area contributed by atoms with E-state index in [-0.39, 0.29) is 0 Å². The van der Waals surface area contributed by atoms with E-state index in [1.165, 1.54) is 55.8 Å². The normalized spacial score (nSPS) is 27.6. The second kappa shape index (κ2) is 4.22. The molecule has 2 fully saturated rings. The molecule has 1 saturated carbocycles. The van der Waals surface area contributed by atoms with Gasteiger partial charge in [0.2, 0.25) is 0 Å². The summed E-state index contributed by atoms with van der Waals surface area (Å²) < 4.78 is 0. The smallest absolute Gasteiger partial charge is 0.0959 e. The number of hydrogen-bond acceptors (Lipinski definition) is 3. The molecule has 1 atom stereocenters. The number of hydrogen-bond donors (Lipinski definition) is 1. The third kappa shape index (κ3) is 1.95. The Morgan fingerprint density at radius 2 is 2.07 bits per heavy atom. The summed E-state index contributed by atoms with van der Waals surface area (Å²) in [5.41, 5.74) is 1.31. The highest BCUT2D eigenvalue weighted by Gasteiger charge is 2.23. The van der Waals surface area contributed by atoms with Crippen molar-refractivity contribution in [1.29, 1.82) is 0 Å². The Balaban J connectivity index is 1.74. The van der Waals surface area contributed by atoms with E-state index in [9.17, 15) is 0 Å². The highest BCUT2D eigenvalue weighted by Crippen LogP contribution is 2.36. The van der Waals surface area contributed by atoms with Crippen molar-refractivity contribution in [1.82, 2.24) is 10.3 Å². The molecule has 15 heavy (non-hydrogen) atoms. The van der Waals surface area contributed by atoms with Crippen LogP contribution in [-0.2, 0) is 0 Å². The van der Waals surface area contributed by atoms with Crippen LogP contribution in [0.3, 0.4) is 0 Å². The van der Waals surface area contributed by atoms with Crippen molar-refractivity contribution in [2.75, 3.05) is 6.54 Å². The third-order valence-electron chi connectivity index (χ3n) is 3.66. The molecule has 0 spiro atoms. The number of rotatable bonds is 2. The molecule has 2 aliphatic rings. The van der Waals surface area contributed by atoms with Gasteiger partial charge in [-0.3, -0.25) is 0 Å². The zero-order chi connectivity index (χ0) is 10.1. The van der Waals surface area contributed by atoms with Crippen molar-refractivity contribution < 1.29 is 0 Å². The second-order valence-corrected chi connectivity index (χ2v) is 5.63. The molecule has 82 valence electrons. The van der Waals surface area contributed by atoms with Gasteiger partial charge in [-0.1, -0.05) is 12.8 Å². The van der Waals surface area contributed by atoms with Gasteiger partial charge in [-0.25, -0.2) is 4.98 Å². The highest BCUT2D eigenvalue weighted by molar-refractivity contribution is 7.09. The quantitative estimate of drug-likeness (QED) is 0.831. The molecule has 1 aliphatic heterocycles. The Hall–Kier alpha value is -0.410. The van der Waals surface area contributed by atoms with E-state index in [1.807, 2.05) is 11.3 Å². The average Bonchev–Trinajstić information content (AvgIpc) is 3.02. The van der Waals surface area contributed by atoms with Crippen molar-refractivity contribution in [2.45, 2.75) is 50.5 Å². The van der Waals surface area contributed by atoms with Crippen LogP contribution in [0.25, 0.3) is 0 Å². The van der Waals surface area contributed by atoms with Gasteiger partial charge in [0.15, 0.2) is 0 Å². The lowest BCUT2D eigenvalue weighted by Gasteiger charge is -2.06. The second-order valence-electron chi connectivity index (χ2n) is 4.74. The lowest BCUT2D eigenvalue weighted by Crippen LogP contribution is -2.13. The molecular weight excluding hydrogens is 204 g/mol. The third-order valence-corrected chi connectivity index (χ3v) is 4.69. The van der Waals surface area contributed by atoms with Gasteiger partial charge in [0.05, 0.1) is 16.7 Å². The Labute approximate surface area is 95.1 Å². The van der Waals surface area contributed by atoms with Gasteiger partial charge in [-0.2, -0.15) is 0 Å². The van der Waals surface area contributed by atoms with Crippen LogP contribution in [0.2, 0.25) is 0 Å². The summed E-state index contributed by atoms with van der Waals surface area (Å²) in [7, 11) is 0. The fourth-order valence-corrected chi connectivity index (χ4v) is 3.80. The minimum atomic E-state index is 0.552. The van der Waals surface area contributed by atoms with E-state index in [1.54, 1.807) is 0 Å². The number of nitrogens with zero attached hydrogens (tertiary/aromatic N) is 1. The number of thiazole rings is 1. The molecule has 0 aromatic carbocycles. The van der Waals surface area contributed by atoms with Gasteiger partial charge in [0.25, 0.3) is 0 Å². The predicted octanol–water partition coefficient (Wildman–Crippen LogP) is 3.23. The van der Waals surface area contributed by atoms with Crippen LogP contribution < -0.4 is 5.32 Å². The van der Waals surface area contributed by atoms with Crippen molar-refractivity contribution >= 4 is 11.3 Å². The number of nitrogens with one attached hydrogen (secondary N) is 1. The topological polar surface area (TPSA) is 24.9 Å². The summed E-state index contributed by atoms with van der Waals surface area (Å²) in [6.45, 7) is 1.17. The predicted molar refractivity (Wildman–Crippen MR) is 63.3 cm³/mol. The fraction of sp³-hybridized carbons (Fsp3) is 0.750.